The third kappa shape index (κ3) is 6.93. The minimum atomic E-state index is -4.16. The average Bonchev–Trinajstić information content (AvgIpc) is 3.20. The Balaban J connectivity index is 0.00000441. The molecule has 40 heavy (non-hydrogen) atoms. The van der Waals surface area contributed by atoms with Crippen molar-refractivity contribution in [2.75, 3.05) is 18.8 Å². The molecule has 11 atom stereocenters. The van der Waals surface area contributed by atoms with Crippen molar-refractivity contribution in [2.24, 2.45) is 46.3 Å². The van der Waals surface area contributed by atoms with Crippen molar-refractivity contribution in [1.82, 2.24) is 10.6 Å². The SMILES string of the molecule is CC(CCC(=O)NCC(=O)NCCS(=O)(=O)O)C1CCC2C3C(O)CC4CC(O)CCC4(C)C3CC(O)C12C.[Na]. The van der Waals surface area contributed by atoms with Gasteiger partial charge in [0.1, 0.15) is 0 Å². The van der Waals surface area contributed by atoms with Gasteiger partial charge in [-0.2, -0.15) is 8.42 Å². The number of hydrogen-bond acceptors (Lipinski definition) is 7. The summed E-state index contributed by atoms with van der Waals surface area (Å²) in [6.07, 6.45) is 5.44. The van der Waals surface area contributed by atoms with Gasteiger partial charge in [0.05, 0.1) is 30.6 Å². The number of hydrogen-bond donors (Lipinski definition) is 6. The van der Waals surface area contributed by atoms with Gasteiger partial charge in [0.2, 0.25) is 11.8 Å². The van der Waals surface area contributed by atoms with Crippen LogP contribution in [-0.4, -0.2) is 107 Å². The summed E-state index contributed by atoms with van der Waals surface area (Å²) in [6, 6.07) is 0. The third-order valence-corrected chi connectivity index (χ3v) is 12.2. The molecule has 2 amide bonds. The first-order valence-corrected chi connectivity index (χ1v) is 16.3. The van der Waals surface area contributed by atoms with Gasteiger partial charge in [0, 0.05) is 42.5 Å². The summed E-state index contributed by atoms with van der Waals surface area (Å²) in [5, 5.41) is 38.3. The van der Waals surface area contributed by atoms with Gasteiger partial charge in [-0.3, -0.25) is 14.1 Å². The molecule has 4 rings (SSSR count). The summed E-state index contributed by atoms with van der Waals surface area (Å²) in [6.45, 7) is 6.15. The summed E-state index contributed by atoms with van der Waals surface area (Å²) >= 11 is 0. The first-order valence-electron chi connectivity index (χ1n) is 14.7. The van der Waals surface area contributed by atoms with Crippen molar-refractivity contribution >= 4 is 51.5 Å². The van der Waals surface area contributed by atoms with E-state index in [0.29, 0.717) is 12.8 Å². The van der Waals surface area contributed by atoms with Gasteiger partial charge < -0.3 is 26.0 Å². The zero-order valence-corrected chi connectivity index (χ0v) is 27.3. The van der Waals surface area contributed by atoms with Crippen LogP contribution in [0.1, 0.15) is 78.6 Å². The standard InChI is InChI=1S/C28H48N2O8S.Na/c1-16(4-7-24(34)30-15-25(35)29-10-11-39(36,37)38)19-5-6-20-26-21(14-23(33)28(19,20)3)27(2)9-8-18(31)12-17(27)13-22(26)32;/h16-23,26,31-33H,4-15H2,1-3H3,(H,29,35)(H,30,34)(H,36,37,38);. The van der Waals surface area contributed by atoms with E-state index in [2.05, 4.69) is 31.4 Å². The maximum atomic E-state index is 12.4. The van der Waals surface area contributed by atoms with Crippen LogP contribution in [0.2, 0.25) is 0 Å². The fraction of sp³-hybridized carbons (Fsp3) is 0.929. The van der Waals surface area contributed by atoms with Crippen molar-refractivity contribution in [2.45, 2.75) is 96.9 Å². The third-order valence-electron chi connectivity index (χ3n) is 11.5. The van der Waals surface area contributed by atoms with Crippen molar-refractivity contribution < 1.29 is 37.9 Å². The molecule has 0 saturated heterocycles. The topological polar surface area (TPSA) is 173 Å². The number of carbonyl (C=O) groups excluding carboxylic acids is 2. The van der Waals surface area contributed by atoms with Gasteiger partial charge in [-0.1, -0.05) is 20.8 Å². The molecule has 12 heteroatoms. The second kappa shape index (κ2) is 13.2. The molecule has 225 valence electrons. The van der Waals surface area contributed by atoms with Gasteiger partial charge >= 0.3 is 0 Å². The van der Waals surface area contributed by atoms with Crippen LogP contribution in [0.15, 0.2) is 0 Å². The fourth-order valence-electron chi connectivity index (χ4n) is 9.34. The van der Waals surface area contributed by atoms with E-state index < -0.39 is 34.0 Å². The molecule has 4 aliphatic rings. The molecule has 0 aromatic heterocycles. The maximum absolute atomic E-state index is 12.4. The zero-order valence-electron chi connectivity index (χ0n) is 24.5. The number of carbonyl (C=O) groups is 2. The van der Waals surface area contributed by atoms with Crippen LogP contribution in [0.25, 0.3) is 0 Å². The maximum Gasteiger partial charge on any atom is 0.266 e. The van der Waals surface area contributed by atoms with Gasteiger partial charge in [0.25, 0.3) is 10.1 Å². The quantitative estimate of drug-likeness (QED) is 0.170. The number of amides is 2. The van der Waals surface area contributed by atoms with Crippen LogP contribution in [0.4, 0.5) is 0 Å². The van der Waals surface area contributed by atoms with Crippen molar-refractivity contribution in [1.29, 1.82) is 0 Å². The number of rotatable bonds is 9. The Hall–Kier alpha value is -0.270. The summed E-state index contributed by atoms with van der Waals surface area (Å²) in [4.78, 5) is 24.2. The van der Waals surface area contributed by atoms with E-state index in [0.717, 1.165) is 38.5 Å². The molecule has 0 aromatic carbocycles. The largest absolute Gasteiger partial charge is 0.393 e. The molecule has 6 N–H and O–H groups in total. The Kier molecular flexibility index (Phi) is 11.3. The Morgan fingerprint density at radius 1 is 0.975 bits per heavy atom. The Bertz CT molecular complexity index is 1030. The second-order valence-corrected chi connectivity index (χ2v) is 15.0. The minimum absolute atomic E-state index is 0. The van der Waals surface area contributed by atoms with Gasteiger partial charge in [0.15, 0.2) is 0 Å². The van der Waals surface area contributed by atoms with E-state index in [-0.39, 0.29) is 107 Å². The van der Waals surface area contributed by atoms with Crippen molar-refractivity contribution in [3.05, 3.63) is 0 Å². The second-order valence-electron chi connectivity index (χ2n) is 13.5. The molecule has 0 spiro atoms. The summed E-state index contributed by atoms with van der Waals surface area (Å²) < 4.78 is 30.2. The summed E-state index contributed by atoms with van der Waals surface area (Å²) in [5.41, 5.74) is -0.297. The van der Waals surface area contributed by atoms with E-state index in [9.17, 15) is 33.3 Å². The van der Waals surface area contributed by atoms with Crippen LogP contribution >= 0.6 is 0 Å². The molecule has 4 saturated carbocycles. The van der Waals surface area contributed by atoms with Crippen LogP contribution in [0.3, 0.4) is 0 Å². The minimum Gasteiger partial charge on any atom is -0.393 e. The number of aliphatic hydroxyl groups excluding tert-OH is 3. The fourth-order valence-corrected chi connectivity index (χ4v) is 9.70. The van der Waals surface area contributed by atoms with Crippen LogP contribution in [0.5, 0.6) is 0 Å². The molecule has 0 aromatic rings. The molecular formula is C28H48N2NaO8S. The molecule has 0 bridgehead atoms. The van der Waals surface area contributed by atoms with Gasteiger partial charge in [-0.05, 0) is 97.7 Å². The van der Waals surface area contributed by atoms with Crippen LogP contribution < -0.4 is 10.6 Å². The zero-order chi connectivity index (χ0) is 28.8. The predicted molar refractivity (Wildman–Crippen MR) is 151 cm³/mol. The molecular weight excluding hydrogens is 547 g/mol. The normalized spacial score (nSPS) is 41.5. The predicted octanol–water partition coefficient (Wildman–Crippen LogP) is 1.10. The number of fused-ring (bicyclic) bond motifs is 5. The van der Waals surface area contributed by atoms with E-state index in [4.69, 9.17) is 4.55 Å². The average molecular weight is 596 g/mol. The Labute approximate surface area is 260 Å². The van der Waals surface area contributed by atoms with Crippen LogP contribution in [-0.2, 0) is 19.7 Å². The van der Waals surface area contributed by atoms with Crippen molar-refractivity contribution in [3.63, 3.8) is 0 Å². The number of nitrogens with one attached hydrogen (secondary N) is 2. The van der Waals surface area contributed by atoms with Gasteiger partial charge in [-0.25, -0.2) is 0 Å². The molecule has 0 heterocycles. The Morgan fingerprint density at radius 3 is 2.35 bits per heavy atom. The first-order chi connectivity index (χ1) is 18.2. The van der Waals surface area contributed by atoms with Gasteiger partial charge in [-0.15, -0.1) is 0 Å². The smallest absolute Gasteiger partial charge is 0.266 e. The molecule has 4 fully saturated rings. The summed E-state index contributed by atoms with van der Waals surface area (Å²) in [7, 11) is -4.16. The van der Waals surface area contributed by atoms with Crippen molar-refractivity contribution in [3.8, 4) is 0 Å². The van der Waals surface area contributed by atoms with E-state index >= 15 is 0 Å². The monoisotopic (exact) mass is 595 g/mol. The van der Waals surface area contributed by atoms with E-state index in [1.165, 1.54) is 0 Å². The molecule has 0 aliphatic heterocycles. The van der Waals surface area contributed by atoms with E-state index in [1.54, 1.807) is 0 Å². The van der Waals surface area contributed by atoms with Crippen LogP contribution in [0, 0.1) is 46.3 Å². The number of aliphatic hydroxyl groups is 3. The summed E-state index contributed by atoms with van der Waals surface area (Å²) in [5.74, 6) is -0.0801. The molecule has 11 unspecified atom stereocenters. The molecule has 1 radical (unpaired) electrons. The van der Waals surface area contributed by atoms with E-state index in [1.807, 2.05) is 0 Å². The molecule has 4 aliphatic carbocycles. The Morgan fingerprint density at radius 2 is 1.68 bits per heavy atom. The molecule has 10 nitrogen and oxygen atoms in total. The first kappa shape index (κ1) is 34.2.